The van der Waals surface area contributed by atoms with E-state index in [4.69, 9.17) is 0 Å². The van der Waals surface area contributed by atoms with Crippen LogP contribution in [0.4, 0.5) is 0 Å². The van der Waals surface area contributed by atoms with Gasteiger partial charge in [-0.25, -0.2) is 0 Å². The molecule has 0 spiro atoms. The first kappa shape index (κ1) is 25.1. The lowest BCUT2D eigenvalue weighted by Gasteiger charge is -2.30. The van der Waals surface area contributed by atoms with Crippen molar-refractivity contribution < 1.29 is 19.2 Å². The van der Waals surface area contributed by atoms with E-state index in [0.717, 1.165) is 17.5 Å². The molecule has 3 rings (SSSR count). The number of hydrogen-bond donors (Lipinski definition) is 1. The third-order valence-electron chi connectivity index (χ3n) is 6.42. The van der Waals surface area contributed by atoms with Crippen molar-refractivity contribution in [3.63, 3.8) is 0 Å². The number of carbonyl (C=O) groups excluding carboxylic acids is 4. The molecule has 1 aliphatic rings. The van der Waals surface area contributed by atoms with Gasteiger partial charge in [0.15, 0.2) is 0 Å². The van der Waals surface area contributed by atoms with Gasteiger partial charge in [0.25, 0.3) is 11.8 Å². The molecule has 1 N–H and O–H groups in total. The molecule has 2 aromatic carbocycles. The van der Waals surface area contributed by atoms with Crippen molar-refractivity contribution in [3.8, 4) is 0 Å². The van der Waals surface area contributed by atoms with E-state index in [-0.39, 0.29) is 42.6 Å². The molecule has 0 fully saturated rings. The maximum atomic E-state index is 13.3. The number of benzene rings is 2. The maximum absolute atomic E-state index is 13.3. The lowest BCUT2D eigenvalue weighted by Crippen LogP contribution is -2.49. The predicted octanol–water partition coefficient (Wildman–Crippen LogP) is 3.70. The van der Waals surface area contributed by atoms with Gasteiger partial charge in [-0.3, -0.25) is 24.1 Å². The van der Waals surface area contributed by atoms with Crippen LogP contribution in [0.15, 0.2) is 48.5 Å². The van der Waals surface area contributed by atoms with Crippen LogP contribution in [-0.2, 0) is 16.1 Å². The number of fused-ring (bicyclic) bond motifs is 1. The molecule has 7 heteroatoms. The Morgan fingerprint density at radius 3 is 2.15 bits per heavy atom. The van der Waals surface area contributed by atoms with E-state index in [1.165, 1.54) is 4.90 Å². The van der Waals surface area contributed by atoms with Gasteiger partial charge in [-0.15, -0.1) is 0 Å². The molecule has 0 aliphatic carbocycles. The molecule has 34 heavy (non-hydrogen) atoms. The number of rotatable bonds is 10. The van der Waals surface area contributed by atoms with Gasteiger partial charge >= 0.3 is 0 Å². The van der Waals surface area contributed by atoms with Crippen LogP contribution in [0.1, 0.15) is 71.9 Å². The van der Waals surface area contributed by atoms with Crippen LogP contribution in [-0.4, -0.2) is 52.1 Å². The fourth-order valence-electron chi connectivity index (χ4n) is 3.99. The average Bonchev–Trinajstić information content (AvgIpc) is 3.07. The topological polar surface area (TPSA) is 86.8 Å². The van der Waals surface area contributed by atoms with Gasteiger partial charge in [-0.1, -0.05) is 43.3 Å². The Morgan fingerprint density at radius 1 is 0.971 bits per heavy atom. The molecule has 0 bridgehead atoms. The molecule has 0 aromatic heterocycles. The molecule has 2 atom stereocenters. The highest BCUT2D eigenvalue weighted by molar-refractivity contribution is 6.21. The Morgan fingerprint density at radius 2 is 1.56 bits per heavy atom. The standard InChI is InChI=1S/C27H33N3O4/c1-5-19(3)28-25(32)20(4)30(17-21-12-7-6-11-18(21)2)24(31)15-10-16-29-26(33)22-13-8-9-14-23(22)27(29)34/h6-9,11-14,19-20H,5,10,15-17H2,1-4H3,(H,28,32)/t19-,20-/m0/s1. The van der Waals surface area contributed by atoms with Crippen molar-refractivity contribution in [1.82, 2.24) is 15.1 Å². The highest BCUT2D eigenvalue weighted by Crippen LogP contribution is 2.23. The SMILES string of the molecule is CC[C@H](C)NC(=O)[C@H](C)N(Cc1ccccc1C)C(=O)CCCN1C(=O)c2ccccc2C1=O. The van der Waals surface area contributed by atoms with Crippen LogP contribution in [0.25, 0.3) is 0 Å². The van der Waals surface area contributed by atoms with Crippen LogP contribution in [0.5, 0.6) is 0 Å². The van der Waals surface area contributed by atoms with E-state index in [1.54, 1.807) is 36.1 Å². The number of aryl methyl sites for hydroxylation is 1. The predicted molar refractivity (Wildman–Crippen MR) is 130 cm³/mol. The van der Waals surface area contributed by atoms with Crippen molar-refractivity contribution in [1.29, 1.82) is 0 Å². The van der Waals surface area contributed by atoms with E-state index < -0.39 is 6.04 Å². The molecule has 1 aliphatic heterocycles. The third kappa shape index (κ3) is 5.53. The number of imide groups is 1. The zero-order valence-corrected chi connectivity index (χ0v) is 20.3. The summed E-state index contributed by atoms with van der Waals surface area (Å²) in [6.45, 7) is 8.10. The van der Waals surface area contributed by atoms with Crippen molar-refractivity contribution in [3.05, 3.63) is 70.8 Å². The monoisotopic (exact) mass is 463 g/mol. The second kappa shape index (κ2) is 11.1. The highest BCUT2D eigenvalue weighted by Gasteiger charge is 2.35. The first-order valence-electron chi connectivity index (χ1n) is 11.8. The van der Waals surface area contributed by atoms with Crippen LogP contribution < -0.4 is 5.32 Å². The van der Waals surface area contributed by atoms with E-state index in [2.05, 4.69) is 5.32 Å². The lowest BCUT2D eigenvalue weighted by molar-refractivity contribution is -0.141. The van der Waals surface area contributed by atoms with E-state index in [0.29, 0.717) is 24.1 Å². The Labute approximate surface area is 201 Å². The van der Waals surface area contributed by atoms with E-state index >= 15 is 0 Å². The van der Waals surface area contributed by atoms with Gasteiger partial charge in [-0.05, 0) is 56.9 Å². The minimum absolute atomic E-state index is 0.0131. The molecular weight excluding hydrogens is 430 g/mol. The summed E-state index contributed by atoms with van der Waals surface area (Å²) >= 11 is 0. The summed E-state index contributed by atoms with van der Waals surface area (Å²) in [5.41, 5.74) is 2.81. The minimum atomic E-state index is -0.652. The van der Waals surface area contributed by atoms with Crippen molar-refractivity contribution in [2.24, 2.45) is 0 Å². The summed E-state index contributed by atoms with van der Waals surface area (Å²) in [7, 11) is 0. The molecule has 180 valence electrons. The van der Waals surface area contributed by atoms with Gasteiger partial charge in [0, 0.05) is 25.6 Å². The molecule has 0 saturated heterocycles. The number of nitrogens with one attached hydrogen (secondary N) is 1. The largest absolute Gasteiger partial charge is 0.352 e. The van der Waals surface area contributed by atoms with Crippen LogP contribution in [0.3, 0.4) is 0 Å². The van der Waals surface area contributed by atoms with Gasteiger partial charge in [-0.2, -0.15) is 0 Å². The smallest absolute Gasteiger partial charge is 0.261 e. The summed E-state index contributed by atoms with van der Waals surface area (Å²) in [6, 6.07) is 13.9. The van der Waals surface area contributed by atoms with Gasteiger partial charge < -0.3 is 10.2 Å². The fraction of sp³-hybridized carbons (Fsp3) is 0.407. The summed E-state index contributed by atoms with van der Waals surface area (Å²) < 4.78 is 0. The summed E-state index contributed by atoms with van der Waals surface area (Å²) in [5.74, 6) is -1.04. The van der Waals surface area contributed by atoms with Gasteiger partial charge in [0.2, 0.25) is 11.8 Å². The molecule has 7 nitrogen and oxygen atoms in total. The number of amides is 4. The Kier molecular flexibility index (Phi) is 8.21. The van der Waals surface area contributed by atoms with Crippen molar-refractivity contribution in [2.75, 3.05) is 6.54 Å². The molecule has 4 amide bonds. The fourth-order valence-corrected chi connectivity index (χ4v) is 3.99. The second-order valence-corrected chi connectivity index (χ2v) is 8.85. The number of hydrogen-bond acceptors (Lipinski definition) is 4. The lowest BCUT2D eigenvalue weighted by atomic mass is 10.1. The summed E-state index contributed by atoms with van der Waals surface area (Å²) in [6.07, 6.45) is 1.25. The highest BCUT2D eigenvalue weighted by atomic mass is 16.2. The van der Waals surface area contributed by atoms with Crippen LogP contribution in [0.2, 0.25) is 0 Å². The maximum Gasteiger partial charge on any atom is 0.261 e. The molecule has 2 aromatic rings. The zero-order valence-electron chi connectivity index (χ0n) is 20.3. The Hall–Kier alpha value is -3.48. The van der Waals surface area contributed by atoms with Crippen molar-refractivity contribution >= 4 is 23.6 Å². The first-order valence-corrected chi connectivity index (χ1v) is 11.8. The number of nitrogens with zero attached hydrogens (tertiary/aromatic N) is 2. The molecular formula is C27H33N3O4. The molecule has 1 heterocycles. The normalized spacial score (nSPS) is 14.5. The first-order chi connectivity index (χ1) is 16.2. The average molecular weight is 464 g/mol. The molecule has 0 radical (unpaired) electrons. The second-order valence-electron chi connectivity index (χ2n) is 8.85. The molecule has 0 unspecified atom stereocenters. The quantitative estimate of drug-likeness (QED) is 0.545. The third-order valence-corrected chi connectivity index (χ3v) is 6.42. The van der Waals surface area contributed by atoms with E-state index in [9.17, 15) is 19.2 Å². The van der Waals surface area contributed by atoms with E-state index in [1.807, 2.05) is 45.0 Å². The zero-order chi connectivity index (χ0) is 24.8. The van der Waals surface area contributed by atoms with Gasteiger partial charge in [0.05, 0.1) is 11.1 Å². The van der Waals surface area contributed by atoms with Crippen LogP contribution in [0, 0.1) is 6.92 Å². The van der Waals surface area contributed by atoms with Crippen LogP contribution >= 0.6 is 0 Å². The minimum Gasteiger partial charge on any atom is -0.352 e. The Balaban J connectivity index is 1.68. The van der Waals surface area contributed by atoms with Gasteiger partial charge in [0.1, 0.15) is 6.04 Å². The summed E-state index contributed by atoms with van der Waals surface area (Å²) in [5, 5.41) is 2.96. The Bertz CT molecular complexity index is 1050. The molecule has 0 saturated carbocycles. The van der Waals surface area contributed by atoms with Crippen molar-refractivity contribution in [2.45, 2.75) is 65.6 Å². The summed E-state index contributed by atoms with van der Waals surface area (Å²) in [4.78, 5) is 54.0. The number of carbonyl (C=O) groups is 4.